The second-order valence-corrected chi connectivity index (χ2v) is 4.96. The third kappa shape index (κ3) is 4.54. The monoisotopic (exact) mass is 328 g/mol. The third-order valence-corrected chi connectivity index (χ3v) is 3.19. The average Bonchev–Trinajstić information content (AvgIpc) is 2.54. The van der Waals surface area contributed by atoms with Crippen molar-refractivity contribution in [1.29, 1.82) is 0 Å². The molecule has 2 aromatic rings. The summed E-state index contributed by atoms with van der Waals surface area (Å²) in [6, 6.07) is 11.1. The molecule has 0 unspecified atom stereocenters. The number of carbonyl (C=O) groups excluding carboxylic acids is 1. The van der Waals surface area contributed by atoms with Gasteiger partial charge in [-0.05, 0) is 30.7 Å². The quantitative estimate of drug-likeness (QED) is 0.427. The standard InChI is InChI=1S/C16H16N4O4/c1-11-4-2-3-5-14(11)17-10-16(22)19-18-9-12-8-13(21)6-7-15(12)20(23)24/h2-9,17,21H,10H2,1H3,(H,19,22)/b18-9-. The minimum Gasteiger partial charge on any atom is -0.508 e. The molecule has 3 N–H and O–H groups in total. The van der Waals surface area contributed by atoms with E-state index in [0.717, 1.165) is 23.5 Å². The first-order valence-electron chi connectivity index (χ1n) is 7.06. The molecule has 8 nitrogen and oxygen atoms in total. The number of amides is 1. The van der Waals surface area contributed by atoms with Crippen LogP contribution in [0, 0.1) is 17.0 Å². The lowest BCUT2D eigenvalue weighted by atomic mass is 10.2. The topological polar surface area (TPSA) is 117 Å². The second kappa shape index (κ2) is 7.73. The van der Waals surface area contributed by atoms with E-state index in [-0.39, 0.29) is 23.5 Å². The van der Waals surface area contributed by atoms with Gasteiger partial charge in [-0.2, -0.15) is 5.10 Å². The number of phenols is 1. The van der Waals surface area contributed by atoms with Gasteiger partial charge in [0.05, 0.1) is 23.2 Å². The summed E-state index contributed by atoms with van der Waals surface area (Å²) in [5, 5.41) is 26.9. The molecule has 0 saturated carbocycles. The molecule has 24 heavy (non-hydrogen) atoms. The van der Waals surface area contributed by atoms with Gasteiger partial charge in [-0.15, -0.1) is 0 Å². The van der Waals surface area contributed by atoms with Gasteiger partial charge in [-0.3, -0.25) is 14.9 Å². The van der Waals surface area contributed by atoms with Crippen molar-refractivity contribution in [2.24, 2.45) is 5.10 Å². The molecule has 124 valence electrons. The van der Waals surface area contributed by atoms with Gasteiger partial charge in [-0.1, -0.05) is 18.2 Å². The first-order valence-corrected chi connectivity index (χ1v) is 7.06. The number of aromatic hydroxyl groups is 1. The normalized spacial score (nSPS) is 10.5. The van der Waals surface area contributed by atoms with Crippen molar-refractivity contribution >= 4 is 23.5 Å². The number of nitrogens with zero attached hydrogens (tertiary/aromatic N) is 2. The van der Waals surface area contributed by atoms with Crippen molar-refractivity contribution in [3.05, 3.63) is 63.7 Å². The van der Waals surface area contributed by atoms with Gasteiger partial charge in [-0.25, -0.2) is 5.43 Å². The summed E-state index contributed by atoms with van der Waals surface area (Å²) in [7, 11) is 0. The maximum absolute atomic E-state index is 11.7. The Hall–Kier alpha value is -3.42. The van der Waals surface area contributed by atoms with Crippen LogP contribution in [0.4, 0.5) is 11.4 Å². The van der Waals surface area contributed by atoms with Crippen LogP contribution >= 0.6 is 0 Å². The van der Waals surface area contributed by atoms with Crippen LogP contribution in [0.25, 0.3) is 0 Å². The summed E-state index contributed by atoms with van der Waals surface area (Å²) >= 11 is 0. The second-order valence-electron chi connectivity index (χ2n) is 4.96. The fourth-order valence-corrected chi connectivity index (χ4v) is 1.97. The Morgan fingerprint density at radius 1 is 1.33 bits per heavy atom. The van der Waals surface area contributed by atoms with E-state index in [0.29, 0.717) is 0 Å². The van der Waals surface area contributed by atoms with Crippen molar-refractivity contribution in [2.75, 3.05) is 11.9 Å². The van der Waals surface area contributed by atoms with Gasteiger partial charge in [0, 0.05) is 11.8 Å². The van der Waals surface area contributed by atoms with Crippen molar-refractivity contribution in [3.63, 3.8) is 0 Å². The largest absolute Gasteiger partial charge is 0.508 e. The minimum absolute atomic E-state index is 0.00429. The van der Waals surface area contributed by atoms with Gasteiger partial charge in [0.25, 0.3) is 11.6 Å². The first kappa shape index (κ1) is 16.9. The van der Waals surface area contributed by atoms with Crippen LogP contribution < -0.4 is 10.7 Å². The number of para-hydroxylation sites is 1. The Kier molecular flexibility index (Phi) is 5.45. The molecule has 0 bridgehead atoms. The fraction of sp³-hybridized carbons (Fsp3) is 0.125. The number of hydrazone groups is 1. The van der Waals surface area contributed by atoms with Crippen LogP contribution in [-0.4, -0.2) is 28.7 Å². The molecule has 0 radical (unpaired) electrons. The van der Waals surface area contributed by atoms with E-state index in [2.05, 4.69) is 15.8 Å². The van der Waals surface area contributed by atoms with Crippen molar-refractivity contribution < 1.29 is 14.8 Å². The molecule has 1 amide bonds. The zero-order chi connectivity index (χ0) is 17.5. The van der Waals surface area contributed by atoms with Gasteiger partial charge in [0.1, 0.15) is 5.75 Å². The zero-order valence-electron chi connectivity index (χ0n) is 12.9. The summed E-state index contributed by atoms with van der Waals surface area (Å²) < 4.78 is 0. The molecule has 0 aliphatic carbocycles. The van der Waals surface area contributed by atoms with Crippen LogP contribution in [0.5, 0.6) is 5.75 Å². The van der Waals surface area contributed by atoms with Crippen molar-refractivity contribution in [3.8, 4) is 5.75 Å². The first-order chi connectivity index (χ1) is 11.5. The highest BCUT2D eigenvalue weighted by molar-refractivity contribution is 5.88. The zero-order valence-corrected chi connectivity index (χ0v) is 12.9. The van der Waals surface area contributed by atoms with E-state index in [1.54, 1.807) is 0 Å². The Balaban J connectivity index is 1.94. The minimum atomic E-state index is -0.595. The summed E-state index contributed by atoms with van der Waals surface area (Å²) in [5.41, 5.74) is 3.98. The number of aryl methyl sites for hydroxylation is 1. The van der Waals surface area contributed by atoms with Gasteiger partial charge in [0.15, 0.2) is 0 Å². The number of nitro groups is 1. The summed E-state index contributed by atoms with van der Waals surface area (Å²) in [6.07, 6.45) is 1.11. The lowest BCUT2D eigenvalue weighted by Gasteiger charge is -2.07. The highest BCUT2D eigenvalue weighted by atomic mass is 16.6. The molecule has 0 atom stereocenters. The van der Waals surface area contributed by atoms with Crippen molar-refractivity contribution in [1.82, 2.24) is 5.43 Å². The Morgan fingerprint density at radius 3 is 2.79 bits per heavy atom. The SMILES string of the molecule is Cc1ccccc1NCC(=O)N/N=C\c1cc(O)ccc1[N+](=O)[O-]. The molecule has 0 aliphatic rings. The molecule has 0 heterocycles. The van der Waals surface area contributed by atoms with E-state index >= 15 is 0 Å². The smallest absolute Gasteiger partial charge is 0.278 e. The van der Waals surface area contributed by atoms with Gasteiger partial charge in [0.2, 0.25) is 0 Å². The Bertz CT molecular complexity index is 789. The highest BCUT2D eigenvalue weighted by Gasteiger charge is 2.12. The predicted octanol–water partition coefficient (Wildman–Crippen LogP) is 2.17. The van der Waals surface area contributed by atoms with Crippen LogP contribution in [0.1, 0.15) is 11.1 Å². The summed E-state index contributed by atoms with van der Waals surface area (Å²) in [4.78, 5) is 22.0. The van der Waals surface area contributed by atoms with Gasteiger partial charge >= 0.3 is 0 Å². The molecule has 2 aromatic carbocycles. The molecule has 0 fully saturated rings. The lowest BCUT2D eigenvalue weighted by Crippen LogP contribution is -2.26. The number of anilines is 1. The maximum Gasteiger partial charge on any atom is 0.278 e. The number of nitro benzene ring substituents is 1. The van der Waals surface area contributed by atoms with E-state index in [9.17, 15) is 20.0 Å². The maximum atomic E-state index is 11.7. The molecule has 0 spiro atoms. The van der Waals surface area contributed by atoms with E-state index < -0.39 is 10.8 Å². The number of benzene rings is 2. The summed E-state index contributed by atoms with van der Waals surface area (Å²) in [6.45, 7) is 1.92. The van der Waals surface area contributed by atoms with Gasteiger partial charge < -0.3 is 10.4 Å². The Labute approximate surface area is 138 Å². The number of hydrogen-bond acceptors (Lipinski definition) is 6. The van der Waals surface area contributed by atoms with E-state index in [1.807, 2.05) is 31.2 Å². The van der Waals surface area contributed by atoms with Crippen LogP contribution in [-0.2, 0) is 4.79 Å². The number of rotatable bonds is 6. The fourth-order valence-electron chi connectivity index (χ4n) is 1.97. The molecule has 8 heteroatoms. The molecule has 2 rings (SSSR count). The summed E-state index contributed by atoms with van der Waals surface area (Å²) in [5.74, 6) is -0.535. The van der Waals surface area contributed by atoms with Crippen LogP contribution in [0.3, 0.4) is 0 Å². The average molecular weight is 328 g/mol. The number of nitrogens with one attached hydrogen (secondary N) is 2. The Morgan fingerprint density at radius 2 is 2.08 bits per heavy atom. The molecular weight excluding hydrogens is 312 g/mol. The van der Waals surface area contributed by atoms with Crippen LogP contribution in [0.15, 0.2) is 47.6 Å². The third-order valence-electron chi connectivity index (χ3n) is 3.19. The molecule has 0 aromatic heterocycles. The van der Waals surface area contributed by atoms with E-state index in [4.69, 9.17) is 0 Å². The van der Waals surface area contributed by atoms with E-state index in [1.165, 1.54) is 12.1 Å². The molecular formula is C16H16N4O4. The molecule has 0 aliphatic heterocycles. The number of carbonyl (C=O) groups is 1. The highest BCUT2D eigenvalue weighted by Crippen LogP contribution is 2.21. The number of hydrogen-bond donors (Lipinski definition) is 3. The van der Waals surface area contributed by atoms with Crippen molar-refractivity contribution in [2.45, 2.75) is 6.92 Å². The lowest BCUT2D eigenvalue weighted by molar-refractivity contribution is -0.385. The van der Waals surface area contributed by atoms with Crippen LogP contribution in [0.2, 0.25) is 0 Å². The predicted molar refractivity (Wildman–Crippen MR) is 90.2 cm³/mol. The number of phenolic OH excluding ortho intramolecular Hbond substituents is 1. The molecule has 0 saturated heterocycles.